The maximum absolute atomic E-state index is 6.12. The average Bonchev–Trinajstić information content (AvgIpc) is 2.48. The fourth-order valence-corrected chi connectivity index (χ4v) is 2.41. The number of pyridine rings is 1. The van der Waals surface area contributed by atoms with Gasteiger partial charge in [0.2, 0.25) is 0 Å². The van der Waals surface area contributed by atoms with E-state index in [-0.39, 0.29) is 0 Å². The minimum atomic E-state index is 0.529. The van der Waals surface area contributed by atoms with Crippen LogP contribution in [0, 0.1) is 0 Å². The standard InChI is InChI=1S/C16H13ClN2O/c1-20-16-9-15-11(7-12(16)17)13(18)8-14(19-15)10-5-3-2-4-6-10/h2-9H,1H3,(H2,18,19). The summed E-state index contributed by atoms with van der Waals surface area (Å²) in [5.41, 5.74) is 9.39. The molecule has 0 amide bonds. The van der Waals surface area contributed by atoms with E-state index >= 15 is 0 Å². The lowest BCUT2D eigenvalue weighted by atomic mass is 10.1. The molecule has 0 saturated carbocycles. The van der Waals surface area contributed by atoms with Crippen molar-refractivity contribution in [3.63, 3.8) is 0 Å². The van der Waals surface area contributed by atoms with Gasteiger partial charge in [-0.2, -0.15) is 0 Å². The molecular weight excluding hydrogens is 272 g/mol. The number of halogens is 1. The van der Waals surface area contributed by atoms with Crippen LogP contribution in [0.25, 0.3) is 22.2 Å². The number of nitrogens with zero attached hydrogens (tertiary/aromatic N) is 1. The summed E-state index contributed by atoms with van der Waals surface area (Å²) >= 11 is 6.12. The van der Waals surface area contributed by atoms with Crippen LogP contribution in [0.4, 0.5) is 5.69 Å². The number of benzene rings is 2. The van der Waals surface area contributed by atoms with Crippen molar-refractivity contribution in [2.75, 3.05) is 12.8 Å². The van der Waals surface area contributed by atoms with Crippen LogP contribution in [0.2, 0.25) is 5.02 Å². The Morgan fingerprint density at radius 1 is 1.10 bits per heavy atom. The molecule has 0 atom stereocenters. The van der Waals surface area contributed by atoms with Crippen LogP contribution in [0.15, 0.2) is 48.5 Å². The van der Waals surface area contributed by atoms with Gasteiger partial charge in [0.25, 0.3) is 0 Å². The van der Waals surface area contributed by atoms with Crippen molar-refractivity contribution < 1.29 is 4.74 Å². The lowest BCUT2D eigenvalue weighted by Crippen LogP contribution is -1.94. The summed E-state index contributed by atoms with van der Waals surface area (Å²) in [5.74, 6) is 0.594. The molecule has 0 spiro atoms. The zero-order chi connectivity index (χ0) is 14.1. The van der Waals surface area contributed by atoms with E-state index in [0.717, 1.165) is 22.2 Å². The molecule has 0 fully saturated rings. The monoisotopic (exact) mass is 284 g/mol. The SMILES string of the molecule is COc1cc2nc(-c3ccccc3)cc(N)c2cc1Cl. The van der Waals surface area contributed by atoms with Gasteiger partial charge in [0.1, 0.15) is 5.75 Å². The van der Waals surface area contributed by atoms with Crippen molar-refractivity contribution in [1.29, 1.82) is 0 Å². The molecule has 0 radical (unpaired) electrons. The lowest BCUT2D eigenvalue weighted by molar-refractivity contribution is 0.415. The maximum Gasteiger partial charge on any atom is 0.139 e. The van der Waals surface area contributed by atoms with Gasteiger partial charge in [0.05, 0.1) is 23.3 Å². The fourth-order valence-electron chi connectivity index (χ4n) is 2.17. The van der Waals surface area contributed by atoms with Crippen LogP contribution in [0.1, 0.15) is 0 Å². The summed E-state index contributed by atoms with van der Waals surface area (Å²) < 4.78 is 5.23. The quantitative estimate of drug-likeness (QED) is 0.769. The Balaban J connectivity index is 2.25. The summed E-state index contributed by atoms with van der Waals surface area (Å²) in [7, 11) is 1.58. The number of nitrogen functional groups attached to an aromatic ring is 1. The molecule has 0 saturated heterocycles. The Hall–Kier alpha value is -2.26. The zero-order valence-electron chi connectivity index (χ0n) is 10.9. The van der Waals surface area contributed by atoms with Gasteiger partial charge in [0.15, 0.2) is 0 Å². The molecule has 3 nitrogen and oxygen atoms in total. The molecule has 3 rings (SSSR count). The first-order valence-corrected chi connectivity index (χ1v) is 6.56. The van der Waals surface area contributed by atoms with Gasteiger partial charge in [0, 0.05) is 22.7 Å². The van der Waals surface area contributed by atoms with Gasteiger partial charge in [-0.05, 0) is 12.1 Å². The van der Waals surface area contributed by atoms with Gasteiger partial charge in [-0.1, -0.05) is 41.9 Å². The highest BCUT2D eigenvalue weighted by Gasteiger charge is 2.09. The van der Waals surface area contributed by atoms with Crippen molar-refractivity contribution in [2.24, 2.45) is 0 Å². The molecule has 1 heterocycles. The molecule has 3 aromatic rings. The van der Waals surface area contributed by atoms with Gasteiger partial charge >= 0.3 is 0 Å². The average molecular weight is 285 g/mol. The summed E-state index contributed by atoms with van der Waals surface area (Å²) in [6, 6.07) is 15.4. The van der Waals surface area contributed by atoms with Crippen LogP contribution < -0.4 is 10.5 Å². The van der Waals surface area contributed by atoms with E-state index in [4.69, 9.17) is 22.1 Å². The van der Waals surface area contributed by atoms with Crippen molar-refractivity contribution in [1.82, 2.24) is 4.98 Å². The number of ether oxygens (including phenoxy) is 1. The van der Waals surface area contributed by atoms with Crippen molar-refractivity contribution in [2.45, 2.75) is 0 Å². The number of anilines is 1. The van der Waals surface area contributed by atoms with E-state index in [9.17, 15) is 0 Å². The number of fused-ring (bicyclic) bond motifs is 1. The van der Waals surface area contributed by atoms with Crippen molar-refractivity contribution in [3.8, 4) is 17.0 Å². The first-order chi connectivity index (χ1) is 9.69. The smallest absolute Gasteiger partial charge is 0.139 e. The van der Waals surface area contributed by atoms with Crippen LogP contribution >= 0.6 is 11.6 Å². The van der Waals surface area contributed by atoms with Crippen LogP contribution in [0.5, 0.6) is 5.75 Å². The largest absolute Gasteiger partial charge is 0.495 e. The molecule has 4 heteroatoms. The molecule has 2 N–H and O–H groups in total. The minimum Gasteiger partial charge on any atom is -0.495 e. The molecule has 0 aliphatic carbocycles. The van der Waals surface area contributed by atoms with Gasteiger partial charge in [-0.25, -0.2) is 4.98 Å². The van der Waals surface area contributed by atoms with Crippen LogP contribution in [-0.2, 0) is 0 Å². The van der Waals surface area contributed by atoms with Gasteiger partial charge in [-0.15, -0.1) is 0 Å². The van der Waals surface area contributed by atoms with Crippen molar-refractivity contribution >= 4 is 28.2 Å². The molecule has 2 aromatic carbocycles. The number of methoxy groups -OCH3 is 1. The highest BCUT2D eigenvalue weighted by molar-refractivity contribution is 6.33. The Morgan fingerprint density at radius 2 is 1.85 bits per heavy atom. The third kappa shape index (κ3) is 2.17. The molecule has 0 unspecified atom stereocenters. The molecule has 0 aliphatic heterocycles. The Kier molecular flexibility index (Phi) is 3.20. The molecular formula is C16H13ClN2O. The van der Waals surface area contributed by atoms with E-state index in [1.807, 2.05) is 36.4 Å². The molecule has 100 valence electrons. The van der Waals surface area contributed by atoms with Gasteiger partial charge < -0.3 is 10.5 Å². The number of hydrogen-bond donors (Lipinski definition) is 1. The van der Waals surface area contributed by atoms with Crippen molar-refractivity contribution in [3.05, 3.63) is 53.6 Å². The predicted molar refractivity (Wildman–Crippen MR) is 83.2 cm³/mol. The maximum atomic E-state index is 6.12. The second-order valence-corrected chi connectivity index (χ2v) is 4.87. The molecule has 20 heavy (non-hydrogen) atoms. The van der Waals surface area contributed by atoms with E-state index in [2.05, 4.69) is 4.98 Å². The minimum absolute atomic E-state index is 0.529. The Bertz CT molecular complexity index is 772. The second kappa shape index (κ2) is 5.02. The van der Waals surface area contributed by atoms with E-state index in [1.54, 1.807) is 19.2 Å². The predicted octanol–water partition coefficient (Wildman–Crippen LogP) is 4.15. The van der Waals surface area contributed by atoms with Crippen LogP contribution in [-0.4, -0.2) is 12.1 Å². The summed E-state index contributed by atoms with van der Waals surface area (Å²) in [6.07, 6.45) is 0. The molecule has 0 bridgehead atoms. The third-order valence-corrected chi connectivity index (χ3v) is 3.48. The number of rotatable bonds is 2. The summed E-state index contributed by atoms with van der Waals surface area (Å²) in [5, 5.41) is 1.36. The topological polar surface area (TPSA) is 48.1 Å². The Labute approximate surface area is 122 Å². The van der Waals surface area contributed by atoms with E-state index < -0.39 is 0 Å². The highest BCUT2D eigenvalue weighted by Crippen LogP contribution is 2.33. The van der Waals surface area contributed by atoms with E-state index in [1.165, 1.54) is 0 Å². The Morgan fingerprint density at radius 3 is 2.55 bits per heavy atom. The molecule has 0 aliphatic rings. The molecule has 1 aromatic heterocycles. The number of hydrogen-bond acceptors (Lipinski definition) is 3. The fraction of sp³-hybridized carbons (Fsp3) is 0.0625. The number of nitrogens with two attached hydrogens (primary N) is 1. The second-order valence-electron chi connectivity index (χ2n) is 4.47. The van der Waals surface area contributed by atoms with E-state index in [0.29, 0.717) is 16.5 Å². The third-order valence-electron chi connectivity index (χ3n) is 3.18. The number of aromatic nitrogens is 1. The highest BCUT2D eigenvalue weighted by atomic mass is 35.5. The first kappa shape index (κ1) is 12.8. The summed E-state index contributed by atoms with van der Waals surface area (Å²) in [6.45, 7) is 0. The first-order valence-electron chi connectivity index (χ1n) is 6.18. The normalized spacial score (nSPS) is 10.7. The zero-order valence-corrected chi connectivity index (χ0v) is 11.7. The van der Waals surface area contributed by atoms with Gasteiger partial charge in [-0.3, -0.25) is 0 Å². The summed E-state index contributed by atoms with van der Waals surface area (Å²) in [4.78, 5) is 4.64. The lowest BCUT2D eigenvalue weighted by Gasteiger charge is -2.09. The van der Waals surface area contributed by atoms with Crippen LogP contribution in [0.3, 0.4) is 0 Å².